The Kier molecular flexibility index (Phi) is 4.44. The first-order valence-electron chi connectivity index (χ1n) is 6.37. The van der Waals surface area contributed by atoms with Gasteiger partial charge in [-0.2, -0.15) is 0 Å². The third-order valence-electron chi connectivity index (χ3n) is 3.46. The van der Waals surface area contributed by atoms with Crippen molar-refractivity contribution in [1.82, 2.24) is 5.32 Å². The summed E-state index contributed by atoms with van der Waals surface area (Å²) in [7, 11) is 3.24. The van der Waals surface area contributed by atoms with Crippen molar-refractivity contribution in [2.24, 2.45) is 0 Å². The minimum atomic E-state index is -0.342. The standard InChI is InChI=1S/C14H21NO3/c1-17-13-6-5-10(9-14(13)18-2)8-12(16)11-4-3-7-15-11/h5-6,9,11-12,15-16H,3-4,7-8H2,1-2H3. The Balaban J connectivity index is 2.04. The van der Waals surface area contributed by atoms with E-state index in [2.05, 4.69) is 5.32 Å². The van der Waals surface area contributed by atoms with Gasteiger partial charge in [-0.05, 0) is 37.1 Å². The fraction of sp³-hybridized carbons (Fsp3) is 0.571. The first-order chi connectivity index (χ1) is 8.74. The fourth-order valence-electron chi connectivity index (χ4n) is 2.43. The third-order valence-corrected chi connectivity index (χ3v) is 3.46. The summed E-state index contributed by atoms with van der Waals surface area (Å²) in [6.45, 7) is 1.01. The summed E-state index contributed by atoms with van der Waals surface area (Å²) in [5.41, 5.74) is 1.06. The van der Waals surface area contributed by atoms with E-state index in [1.807, 2.05) is 18.2 Å². The van der Waals surface area contributed by atoms with Gasteiger partial charge in [0, 0.05) is 12.5 Å². The van der Waals surface area contributed by atoms with E-state index in [0.29, 0.717) is 12.2 Å². The summed E-state index contributed by atoms with van der Waals surface area (Å²) >= 11 is 0. The lowest BCUT2D eigenvalue weighted by atomic mass is 10.0. The van der Waals surface area contributed by atoms with Gasteiger partial charge in [0.15, 0.2) is 11.5 Å². The lowest BCUT2D eigenvalue weighted by Gasteiger charge is -2.18. The van der Waals surface area contributed by atoms with E-state index in [4.69, 9.17) is 9.47 Å². The Hall–Kier alpha value is -1.26. The number of methoxy groups -OCH3 is 2. The van der Waals surface area contributed by atoms with E-state index < -0.39 is 0 Å². The van der Waals surface area contributed by atoms with Crippen LogP contribution >= 0.6 is 0 Å². The molecule has 4 heteroatoms. The van der Waals surface area contributed by atoms with E-state index in [1.54, 1.807) is 14.2 Å². The molecule has 0 radical (unpaired) electrons. The molecule has 18 heavy (non-hydrogen) atoms. The summed E-state index contributed by atoms with van der Waals surface area (Å²) in [6, 6.07) is 6.00. The van der Waals surface area contributed by atoms with Crippen molar-refractivity contribution in [2.45, 2.75) is 31.4 Å². The lowest BCUT2D eigenvalue weighted by Crippen LogP contribution is -2.36. The first-order valence-corrected chi connectivity index (χ1v) is 6.37. The highest BCUT2D eigenvalue weighted by Crippen LogP contribution is 2.28. The maximum Gasteiger partial charge on any atom is 0.160 e. The SMILES string of the molecule is COc1ccc(CC(O)C2CCCN2)cc1OC. The van der Waals surface area contributed by atoms with Crippen molar-refractivity contribution in [1.29, 1.82) is 0 Å². The van der Waals surface area contributed by atoms with Crippen LogP contribution in [-0.4, -0.2) is 38.0 Å². The van der Waals surface area contributed by atoms with Gasteiger partial charge in [-0.1, -0.05) is 6.07 Å². The van der Waals surface area contributed by atoms with E-state index >= 15 is 0 Å². The summed E-state index contributed by atoms with van der Waals surface area (Å²) in [4.78, 5) is 0. The molecule has 0 bridgehead atoms. The topological polar surface area (TPSA) is 50.7 Å². The Bertz CT molecular complexity index is 389. The molecule has 1 aliphatic rings. The summed E-state index contributed by atoms with van der Waals surface area (Å²) in [5.74, 6) is 1.43. The van der Waals surface area contributed by atoms with Crippen molar-refractivity contribution < 1.29 is 14.6 Å². The molecule has 0 spiro atoms. The molecule has 1 heterocycles. The van der Waals surface area contributed by atoms with Crippen molar-refractivity contribution in [3.05, 3.63) is 23.8 Å². The molecule has 1 fully saturated rings. The van der Waals surface area contributed by atoms with Crippen LogP contribution < -0.4 is 14.8 Å². The maximum atomic E-state index is 10.2. The number of hydrogen-bond acceptors (Lipinski definition) is 4. The summed E-state index contributed by atoms with van der Waals surface area (Å²) in [5, 5.41) is 13.5. The van der Waals surface area contributed by atoms with Crippen LogP contribution in [0.15, 0.2) is 18.2 Å². The van der Waals surface area contributed by atoms with Gasteiger partial charge < -0.3 is 19.9 Å². The number of aliphatic hydroxyl groups is 1. The average Bonchev–Trinajstić information content (AvgIpc) is 2.92. The predicted octanol–water partition coefficient (Wildman–Crippen LogP) is 1.36. The van der Waals surface area contributed by atoms with Gasteiger partial charge in [0.05, 0.1) is 20.3 Å². The molecule has 0 amide bonds. The van der Waals surface area contributed by atoms with E-state index in [9.17, 15) is 5.11 Å². The fourth-order valence-corrected chi connectivity index (χ4v) is 2.43. The molecule has 2 N–H and O–H groups in total. The molecule has 1 aliphatic heterocycles. The van der Waals surface area contributed by atoms with E-state index in [-0.39, 0.29) is 12.1 Å². The van der Waals surface area contributed by atoms with Crippen LogP contribution in [0.2, 0.25) is 0 Å². The molecule has 2 atom stereocenters. The van der Waals surface area contributed by atoms with E-state index in [1.165, 1.54) is 0 Å². The van der Waals surface area contributed by atoms with Crippen LogP contribution in [0.4, 0.5) is 0 Å². The molecule has 1 saturated heterocycles. The third kappa shape index (κ3) is 2.94. The van der Waals surface area contributed by atoms with Gasteiger partial charge in [0.2, 0.25) is 0 Å². The molecule has 2 rings (SSSR count). The van der Waals surface area contributed by atoms with E-state index in [0.717, 1.165) is 30.7 Å². The predicted molar refractivity (Wildman–Crippen MR) is 70.3 cm³/mol. The second-order valence-electron chi connectivity index (χ2n) is 4.66. The van der Waals surface area contributed by atoms with Crippen molar-refractivity contribution >= 4 is 0 Å². The zero-order chi connectivity index (χ0) is 13.0. The molecular formula is C14H21NO3. The van der Waals surface area contributed by atoms with Crippen LogP contribution in [0.5, 0.6) is 11.5 Å². The zero-order valence-corrected chi connectivity index (χ0v) is 11.0. The number of rotatable bonds is 5. The normalized spacial score (nSPS) is 20.7. The van der Waals surface area contributed by atoms with Gasteiger partial charge in [-0.3, -0.25) is 0 Å². The minimum Gasteiger partial charge on any atom is -0.493 e. The molecule has 2 unspecified atom stereocenters. The van der Waals surface area contributed by atoms with Gasteiger partial charge in [-0.25, -0.2) is 0 Å². The van der Waals surface area contributed by atoms with Gasteiger partial charge in [-0.15, -0.1) is 0 Å². The molecule has 0 aliphatic carbocycles. The highest BCUT2D eigenvalue weighted by Gasteiger charge is 2.22. The quantitative estimate of drug-likeness (QED) is 0.829. The molecule has 4 nitrogen and oxygen atoms in total. The number of nitrogens with one attached hydrogen (secondary N) is 1. The Morgan fingerprint density at radius 3 is 2.72 bits per heavy atom. The average molecular weight is 251 g/mol. The monoisotopic (exact) mass is 251 g/mol. The summed E-state index contributed by atoms with van der Waals surface area (Å²) < 4.78 is 10.5. The Morgan fingerprint density at radius 1 is 1.33 bits per heavy atom. The number of aliphatic hydroxyl groups excluding tert-OH is 1. The lowest BCUT2D eigenvalue weighted by molar-refractivity contribution is 0.136. The van der Waals surface area contributed by atoms with Crippen molar-refractivity contribution in [2.75, 3.05) is 20.8 Å². The molecule has 1 aromatic rings. The zero-order valence-electron chi connectivity index (χ0n) is 11.0. The van der Waals surface area contributed by atoms with Crippen molar-refractivity contribution in [3.63, 3.8) is 0 Å². The van der Waals surface area contributed by atoms with Gasteiger partial charge in [0.25, 0.3) is 0 Å². The van der Waals surface area contributed by atoms with Crippen LogP contribution in [0.25, 0.3) is 0 Å². The Morgan fingerprint density at radius 2 is 2.11 bits per heavy atom. The second kappa shape index (κ2) is 6.07. The largest absolute Gasteiger partial charge is 0.493 e. The molecule has 100 valence electrons. The smallest absolute Gasteiger partial charge is 0.160 e. The highest BCUT2D eigenvalue weighted by molar-refractivity contribution is 5.43. The second-order valence-corrected chi connectivity index (χ2v) is 4.66. The number of benzene rings is 1. The number of hydrogen-bond donors (Lipinski definition) is 2. The minimum absolute atomic E-state index is 0.220. The molecule has 0 saturated carbocycles. The van der Waals surface area contributed by atoms with Gasteiger partial charge >= 0.3 is 0 Å². The van der Waals surface area contributed by atoms with Crippen LogP contribution in [0.1, 0.15) is 18.4 Å². The number of ether oxygens (including phenoxy) is 2. The first kappa shape index (κ1) is 13.2. The van der Waals surface area contributed by atoms with Crippen molar-refractivity contribution in [3.8, 4) is 11.5 Å². The maximum absolute atomic E-state index is 10.2. The molecular weight excluding hydrogens is 230 g/mol. The Labute approximate surface area is 108 Å². The molecule has 0 aromatic heterocycles. The van der Waals surface area contributed by atoms with Gasteiger partial charge in [0.1, 0.15) is 0 Å². The van der Waals surface area contributed by atoms with Crippen LogP contribution in [0, 0.1) is 0 Å². The van der Waals surface area contributed by atoms with Crippen LogP contribution in [0.3, 0.4) is 0 Å². The van der Waals surface area contributed by atoms with Crippen LogP contribution in [-0.2, 0) is 6.42 Å². The highest BCUT2D eigenvalue weighted by atomic mass is 16.5. The summed E-state index contributed by atoms with van der Waals surface area (Å²) in [6.07, 6.45) is 2.49. The molecule has 1 aromatic carbocycles.